The van der Waals surface area contributed by atoms with E-state index >= 15 is 0 Å². The van der Waals surface area contributed by atoms with Gasteiger partial charge in [-0.15, -0.1) is 12.4 Å². The molecule has 0 saturated carbocycles. The minimum Gasteiger partial charge on any atom is -0.396 e. The van der Waals surface area contributed by atoms with Crippen molar-refractivity contribution in [2.24, 2.45) is 5.41 Å². The maximum absolute atomic E-state index is 10.2. The SMILES string of the molecule is Cc1c(C2CCOCC2)c(C#N)c2nc3ccccc3n2c1N1CCC(C)(CO)CC1.Cl. The van der Waals surface area contributed by atoms with Gasteiger partial charge in [-0.25, -0.2) is 4.98 Å². The van der Waals surface area contributed by atoms with Crippen LogP contribution in [0.5, 0.6) is 0 Å². The van der Waals surface area contributed by atoms with E-state index in [2.05, 4.69) is 35.3 Å². The number of piperidine rings is 1. The molecule has 3 aromatic rings. The van der Waals surface area contributed by atoms with Crippen molar-refractivity contribution >= 4 is 34.9 Å². The van der Waals surface area contributed by atoms with Gasteiger partial charge in [0.1, 0.15) is 11.9 Å². The molecule has 4 heterocycles. The Bertz CT molecular complexity index is 1170. The Morgan fingerprint density at radius 3 is 2.56 bits per heavy atom. The number of nitrogens with zero attached hydrogens (tertiary/aromatic N) is 4. The Morgan fingerprint density at radius 1 is 1.22 bits per heavy atom. The third-order valence-electron chi connectivity index (χ3n) is 7.40. The summed E-state index contributed by atoms with van der Waals surface area (Å²) in [6, 6.07) is 10.7. The van der Waals surface area contributed by atoms with Gasteiger partial charge in [0, 0.05) is 32.9 Å². The standard InChI is InChI=1S/C25H30N4O2.ClH/c1-17-22(18-7-13-31-14-8-18)19(15-26)23-27-20-5-3-4-6-21(20)29(23)24(17)28-11-9-25(2,16-30)10-12-28;/h3-6,18,30H,7-14,16H2,1-2H3;1H. The van der Waals surface area contributed by atoms with Crippen LogP contribution in [0.25, 0.3) is 16.7 Å². The van der Waals surface area contributed by atoms with Gasteiger partial charge in [0.15, 0.2) is 5.65 Å². The number of pyridine rings is 1. The molecule has 0 spiro atoms. The largest absolute Gasteiger partial charge is 0.396 e. The van der Waals surface area contributed by atoms with Crippen LogP contribution in [0.3, 0.4) is 0 Å². The minimum absolute atomic E-state index is 0. The Morgan fingerprint density at radius 2 is 1.91 bits per heavy atom. The summed E-state index contributed by atoms with van der Waals surface area (Å²) in [7, 11) is 0. The van der Waals surface area contributed by atoms with E-state index in [9.17, 15) is 10.4 Å². The summed E-state index contributed by atoms with van der Waals surface area (Å²) < 4.78 is 7.82. The molecule has 0 unspecified atom stereocenters. The summed E-state index contributed by atoms with van der Waals surface area (Å²) in [5.41, 5.74) is 5.76. The van der Waals surface area contributed by atoms with Gasteiger partial charge in [0.05, 0.1) is 16.6 Å². The molecule has 2 saturated heterocycles. The number of aliphatic hydroxyl groups excluding tert-OH is 1. The number of fused-ring (bicyclic) bond motifs is 3. The minimum atomic E-state index is -0.0172. The third-order valence-corrected chi connectivity index (χ3v) is 7.40. The molecule has 170 valence electrons. The van der Waals surface area contributed by atoms with Gasteiger partial charge in [-0.1, -0.05) is 19.1 Å². The highest BCUT2D eigenvalue weighted by Gasteiger charge is 2.33. The fourth-order valence-corrected chi connectivity index (χ4v) is 5.41. The fraction of sp³-hybridized carbons (Fsp3) is 0.520. The van der Waals surface area contributed by atoms with Crippen LogP contribution in [0.1, 0.15) is 55.2 Å². The number of ether oxygens (including phenoxy) is 1. The van der Waals surface area contributed by atoms with E-state index < -0.39 is 0 Å². The first-order chi connectivity index (χ1) is 15.1. The second-order valence-electron chi connectivity index (χ2n) is 9.45. The number of imidazole rings is 1. The van der Waals surface area contributed by atoms with Crippen LogP contribution in [-0.4, -0.2) is 47.4 Å². The van der Waals surface area contributed by atoms with Crippen molar-refractivity contribution < 1.29 is 9.84 Å². The second-order valence-corrected chi connectivity index (χ2v) is 9.45. The van der Waals surface area contributed by atoms with Gasteiger partial charge >= 0.3 is 0 Å². The Hall–Kier alpha value is -2.33. The zero-order valence-electron chi connectivity index (χ0n) is 18.8. The van der Waals surface area contributed by atoms with Crippen LogP contribution >= 0.6 is 12.4 Å². The topological polar surface area (TPSA) is 73.8 Å². The zero-order valence-corrected chi connectivity index (χ0v) is 19.6. The molecule has 2 aliphatic heterocycles. The van der Waals surface area contributed by atoms with Crippen LogP contribution < -0.4 is 4.90 Å². The van der Waals surface area contributed by atoms with E-state index in [4.69, 9.17) is 9.72 Å². The number of hydrogen-bond donors (Lipinski definition) is 1. The average molecular weight is 455 g/mol. The van der Waals surface area contributed by atoms with Crippen molar-refractivity contribution in [3.8, 4) is 6.07 Å². The molecular weight excluding hydrogens is 424 g/mol. The molecule has 6 nitrogen and oxygen atoms in total. The van der Waals surface area contributed by atoms with Gasteiger partial charge in [0.2, 0.25) is 0 Å². The molecule has 0 bridgehead atoms. The van der Waals surface area contributed by atoms with E-state index in [0.29, 0.717) is 11.5 Å². The number of rotatable bonds is 3. The number of hydrogen-bond acceptors (Lipinski definition) is 5. The maximum atomic E-state index is 10.2. The lowest BCUT2D eigenvalue weighted by atomic mass is 9.81. The molecule has 0 amide bonds. The predicted octanol–water partition coefficient (Wildman–Crippen LogP) is 4.58. The van der Waals surface area contributed by atoms with Gasteiger partial charge in [-0.2, -0.15) is 5.26 Å². The number of halogens is 1. The maximum Gasteiger partial charge on any atom is 0.157 e. The molecule has 5 rings (SSSR count). The smallest absolute Gasteiger partial charge is 0.157 e. The molecule has 32 heavy (non-hydrogen) atoms. The second kappa shape index (κ2) is 8.90. The van der Waals surface area contributed by atoms with Crippen molar-refractivity contribution in [1.29, 1.82) is 5.26 Å². The number of nitriles is 1. The molecule has 0 atom stereocenters. The molecular formula is C25H31ClN4O2. The molecule has 2 fully saturated rings. The Balaban J connectivity index is 0.00000245. The van der Waals surface area contributed by atoms with Crippen molar-refractivity contribution in [2.45, 2.75) is 45.4 Å². The Kier molecular flexibility index (Phi) is 6.35. The van der Waals surface area contributed by atoms with E-state index in [1.807, 2.05) is 18.2 Å². The first-order valence-electron chi connectivity index (χ1n) is 11.3. The Labute approximate surface area is 195 Å². The third kappa shape index (κ3) is 3.63. The highest BCUT2D eigenvalue weighted by atomic mass is 35.5. The van der Waals surface area contributed by atoms with Gasteiger partial charge in [-0.05, 0) is 67.2 Å². The lowest BCUT2D eigenvalue weighted by Crippen LogP contribution is -2.41. The van der Waals surface area contributed by atoms with E-state index in [0.717, 1.165) is 80.0 Å². The summed E-state index contributed by atoms with van der Waals surface area (Å²) in [5, 5.41) is 20.1. The monoisotopic (exact) mass is 454 g/mol. The fourth-order valence-electron chi connectivity index (χ4n) is 5.41. The van der Waals surface area contributed by atoms with Crippen molar-refractivity contribution in [3.05, 3.63) is 41.0 Å². The molecule has 0 radical (unpaired) electrons. The molecule has 1 N–H and O–H groups in total. The first kappa shape index (κ1) is 22.8. The van der Waals surface area contributed by atoms with Crippen molar-refractivity contribution in [1.82, 2.24) is 9.38 Å². The number of para-hydroxylation sites is 2. The molecule has 1 aromatic carbocycles. The lowest BCUT2D eigenvalue weighted by Gasteiger charge is -2.40. The van der Waals surface area contributed by atoms with E-state index in [1.54, 1.807) is 0 Å². The normalized spacial score (nSPS) is 19.1. The first-order valence-corrected chi connectivity index (χ1v) is 11.3. The average Bonchev–Trinajstić information content (AvgIpc) is 3.19. The molecule has 7 heteroatoms. The summed E-state index contributed by atoms with van der Waals surface area (Å²) in [4.78, 5) is 7.37. The summed E-state index contributed by atoms with van der Waals surface area (Å²) in [6.07, 6.45) is 3.77. The highest BCUT2D eigenvalue weighted by Crippen LogP contribution is 2.41. The predicted molar refractivity (Wildman–Crippen MR) is 129 cm³/mol. The lowest BCUT2D eigenvalue weighted by molar-refractivity contribution is 0.0851. The number of anilines is 1. The van der Waals surface area contributed by atoms with Gasteiger partial charge in [-0.3, -0.25) is 4.40 Å². The summed E-state index contributed by atoms with van der Waals surface area (Å²) in [5.74, 6) is 1.48. The van der Waals surface area contributed by atoms with E-state index in [-0.39, 0.29) is 24.4 Å². The van der Waals surface area contributed by atoms with Crippen LogP contribution in [0, 0.1) is 23.7 Å². The molecule has 0 aliphatic carbocycles. The quantitative estimate of drug-likeness (QED) is 0.626. The van der Waals surface area contributed by atoms with Crippen LogP contribution in [-0.2, 0) is 4.74 Å². The van der Waals surface area contributed by atoms with Gasteiger partial charge < -0.3 is 14.7 Å². The van der Waals surface area contributed by atoms with Crippen molar-refractivity contribution in [3.63, 3.8) is 0 Å². The molecule has 2 aliphatic rings. The number of aliphatic hydroxyl groups is 1. The van der Waals surface area contributed by atoms with Crippen LogP contribution in [0.15, 0.2) is 24.3 Å². The van der Waals surface area contributed by atoms with E-state index in [1.165, 1.54) is 5.56 Å². The molecule has 2 aromatic heterocycles. The van der Waals surface area contributed by atoms with Gasteiger partial charge in [0.25, 0.3) is 0 Å². The zero-order chi connectivity index (χ0) is 21.6. The van der Waals surface area contributed by atoms with Crippen molar-refractivity contribution in [2.75, 3.05) is 37.8 Å². The number of benzene rings is 1. The van der Waals surface area contributed by atoms with Crippen LogP contribution in [0.2, 0.25) is 0 Å². The summed E-state index contributed by atoms with van der Waals surface area (Å²) in [6.45, 7) is 7.83. The highest BCUT2D eigenvalue weighted by molar-refractivity contribution is 5.86. The summed E-state index contributed by atoms with van der Waals surface area (Å²) >= 11 is 0. The number of aromatic nitrogens is 2. The van der Waals surface area contributed by atoms with Crippen LogP contribution in [0.4, 0.5) is 5.82 Å².